The molecule has 146 valence electrons. The highest BCUT2D eigenvalue weighted by Crippen LogP contribution is 2.41. The molecular formula is C23H20FN3OS. The van der Waals surface area contributed by atoms with E-state index in [0.29, 0.717) is 23.5 Å². The number of benzene rings is 2. The number of carbonyl (C=O) groups is 1. The fraction of sp³-hybridized carbons (Fsp3) is 0.174. The molecule has 0 aliphatic carbocycles. The van der Waals surface area contributed by atoms with Crippen LogP contribution in [0, 0.1) is 5.82 Å². The van der Waals surface area contributed by atoms with Crippen LogP contribution >= 0.6 is 11.8 Å². The largest absolute Gasteiger partial charge is 0.352 e. The second-order valence-corrected chi connectivity index (χ2v) is 7.76. The van der Waals surface area contributed by atoms with E-state index in [4.69, 9.17) is 4.99 Å². The van der Waals surface area contributed by atoms with E-state index in [1.807, 2.05) is 36.4 Å². The standard InChI is InChI=1S/C23H20FN3OS/c1-2-3-13-25-23(28)16-7-6-10-20-21(16)22(18-12-11-15(24)14-26-18)27-17-8-4-5-9-19(17)29-20/h4-12,14H,2-3,13H2,1H3,(H,25,28). The van der Waals surface area contributed by atoms with Gasteiger partial charge in [0.1, 0.15) is 5.82 Å². The smallest absolute Gasteiger partial charge is 0.252 e. The first-order chi connectivity index (χ1) is 14.2. The Morgan fingerprint density at radius 2 is 1.90 bits per heavy atom. The van der Waals surface area contributed by atoms with Gasteiger partial charge in [0.2, 0.25) is 0 Å². The number of nitrogens with one attached hydrogen (secondary N) is 1. The zero-order valence-corrected chi connectivity index (χ0v) is 16.8. The van der Waals surface area contributed by atoms with Crippen LogP contribution in [0.3, 0.4) is 0 Å². The van der Waals surface area contributed by atoms with Crippen LogP contribution in [0.1, 0.15) is 41.4 Å². The fourth-order valence-corrected chi connectivity index (χ4v) is 4.21. The SMILES string of the molecule is CCCCNC(=O)c1cccc2c1C(c1ccc(F)cn1)=Nc1ccccc1S2. The van der Waals surface area contributed by atoms with Crippen LogP contribution in [0.25, 0.3) is 0 Å². The Hall–Kier alpha value is -2.99. The third kappa shape index (κ3) is 4.07. The molecule has 0 spiro atoms. The number of hydrogen-bond acceptors (Lipinski definition) is 4. The summed E-state index contributed by atoms with van der Waals surface area (Å²) in [5, 5.41) is 2.99. The number of unbranched alkanes of at least 4 members (excludes halogenated alkanes) is 1. The fourth-order valence-electron chi connectivity index (χ4n) is 3.16. The Morgan fingerprint density at radius 1 is 1.07 bits per heavy atom. The summed E-state index contributed by atoms with van der Waals surface area (Å²) < 4.78 is 13.5. The summed E-state index contributed by atoms with van der Waals surface area (Å²) >= 11 is 1.57. The number of para-hydroxylation sites is 1. The highest BCUT2D eigenvalue weighted by Gasteiger charge is 2.25. The molecule has 0 saturated heterocycles. The maximum atomic E-state index is 13.5. The van der Waals surface area contributed by atoms with Crippen molar-refractivity contribution in [2.75, 3.05) is 6.54 Å². The first-order valence-electron chi connectivity index (χ1n) is 9.56. The Morgan fingerprint density at radius 3 is 2.69 bits per heavy atom. The highest BCUT2D eigenvalue weighted by atomic mass is 32.2. The molecule has 1 aliphatic rings. The lowest BCUT2D eigenvalue weighted by Crippen LogP contribution is -2.27. The van der Waals surface area contributed by atoms with Crippen LogP contribution in [0.2, 0.25) is 0 Å². The molecule has 0 atom stereocenters. The second kappa shape index (κ2) is 8.57. The molecule has 29 heavy (non-hydrogen) atoms. The van der Waals surface area contributed by atoms with Crippen LogP contribution in [-0.4, -0.2) is 23.1 Å². The zero-order valence-electron chi connectivity index (χ0n) is 16.0. The summed E-state index contributed by atoms with van der Waals surface area (Å²) in [6.45, 7) is 2.70. The maximum Gasteiger partial charge on any atom is 0.252 e. The van der Waals surface area contributed by atoms with Gasteiger partial charge < -0.3 is 5.32 Å². The number of carbonyl (C=O) groups excluding carboxylic acids is 1. The molecule has 1 aromatic heterocycles. The van der Waals surface area contributed by atoms with Gasteiger partial charge in [0.15, 0.2) is 0 Å². The van der Waals surface area contributed by atoms with E-state index in [9.17, 15) is 9.18 Å². The molecule has 1 aliphatic heterocycles. The number of aromatic nitrogens is 1. The van der Waals surface area contributed by atoms with Gasteiger partial charge in [-0.2, -0.15) is 0 Å². The van der Waals surface area contributed by atoms with Gasteiger partial charge in [0, 0.05) is 27.5 Å². The summed E-state index contributed by atoms with van der Waals surface area (Å²) in [5.74, 6) is -0.555. The first-order valence-corrected chi connectivity index (χ1v) is 10.4. The van der Waals surface area contributed by atoms with Crippen molar-refractivity contribution < 1.29 is 9.18 Å². The molecule has 0 fully saturated rings. The van der Waals surface area contributed by atoms with Crippen LogP contribution in [0.15, 0.2) is 75.6 Å². The molecule has 2 aromatic carbocycles. The molecule has 2 heterocycles. The maximum absolute atomic E-state index is 13.5. The predicted octanol–water partition coefficient (Wildman–Crippen LogP) is 5.38. The van der Waals surface area contributed by atoms with E-state index >= 15 is 0 Å². The lowest BCUT2D eigenvalue weighted by molar-refractivity contribution is 0.0953. The number of pyridine rings is 1. The summed E-state index contributed by atoms with van der Waals surface area (Å²) in [4.78, 5) is 24.0. The molecule has 1 amide bonds. The van der Waals surface area contributed by atoms with Gasteiger partial charge in [-0.25, -0.2) is 9.38 Å². The van der Waals surface area contributed by atoms with Gasteiger partial charge in [0.25, 0.3) is 5.91 Å². The minimum Gasteiger partial charge on any atom is -0.352 e. The molecule has 0 radical (unpaired) electrons. The number of nitrogens with zero attached hydrogens (tertiary/aromatic N) is 2. The van der Waals surface area contributed by atoms with Crippen molar-refractivity contribution in [3.63, 3.8) is 0 Å². The summed E-state index contributed by atoms with van der Waals surface area (Å²) in [6.07, 6.45) is 3.09. The van der Waals surface area contributed by atoms with Crippen LogP contribution in [-0.2, 0) is 0 Å². The minimum absolute atomic E-state index is 0.142. The van der Waals surface area contributed by atoms with Crippen molar-refractivity contribution in [3.05, 3.63) is 83.4 Å². The molecule has 0 saturated carbocycles. The van der Waals surface area contributed by atoms with Crippen molar-refractivity contribution in [2.24, 2.45) is 4.99 Å². The van der Waals surface area contributed by atoms with E-state index in [1.165, 1.54) is 12.3 Å². The molecule has 6 heteroatoms. The number of hydrogen-bond donors (Lipinski definition) is 1. The Balaban J connectivity index is 1.89. The third-order valence-corrected chi connectivity index (χ3v) is 5.74. The Bertz CT molecular complexity index is 1080. The number of fused-ring (bicyclic) bond motifs is 2. The highest BCUT2D eigenvalue weighted by molar-refractivity contribution is 7.99. The number of aliphatic imine (C=N–C) groups is 1. The van der Waals surface area contributed by atoms with Crippen LogP contribution in [0.4, 0.5) is 10.1 Å². The lowest BCUT2D eigenvalue weighted by Gasteiger charge is -2.14. The van der Waals surface area contributed by atoms with Gasteiger partial charge in [-0.3, -0.25) is 9.78 Å². The lowest BCUT2D eigenvalue weighted by atomic mass is 9.99. The summed E-state index contributed by atoms with van der Waals surface area (Å²) in [6, 6.07) is 16.4. The van der Waals surface area contributed by atoms with Gasteiger partial charge in [0.05, 0.1) is 23.3 Å². The van der Waals surface area contributed by atoms with Gasteiger partial charge in [-0.05, 0) is 42.8 Å². The molecular weight excluding hydrogens is 385 g/mol. The van der Waals surface area contributed by atoms with E-state index in [1.54, 1.807) is 23.9 Å². The van der Waals surface area contributed by atoms with Crippen molar-refractivity contribution >= 4 is 29.1 Å². The zero-order chi connectivity index (χ0) is 20.2. The average molecular weight is 405 g/mol. The average Bonchev–Trinajstić information content (AvgIpc) is 2.91. The molecule has 0 unspecified atom stereocenters. The second-order valence-electron chi connectivity index (χ2n) is 6.68. The normalized spacial score (nSPS) is 12.4. The predicted molar refractivity (Wildman–Crippen MR) is 114 cm³/mol. The molecule has 4 nitrogen and oxygen atoms in total. The van der Waals surface area contributed by atoms with Gasteiger partial charge in [-0.15, -0.1) is 0 Å². The monoisotopic (exact) mass is 405 g/mol. The van der Waals surface area contributed by atoms with Crippen molar-refractivity contribution in [1.29, 1.82) is 0 Å². The minimum atomic E-state index is -0.413. The summed E-state index contributed by atoms with van der Waals surface area (Å²) in [7, 11) is 0. The van der Waals surface area contributed by atoms with Crippen LogP contribution < -0.4 is 5.32 Å². The van der Waals surface area contributed by atoms with E-state index in [0.717, 1.165) is 33.9 Å². The molecule has 4 rings (SSSR count). The number of halogens is 1. The van der Waals surface area contributed by atoms with Gasteiger partial charge >= 0.3 is 0 Å². The molecule has 0 bridgehead atoms. The van der Waals surface area contributed by atoms with Crippen molar-refractivity contribution in [2.45, 2.75) is 29.6 Å². The van der Waals surface area contributed by atoms with E-state index in [-0.39, 0.29) is 5.91 Å². The Labute approximate surface area is 173 Å². The van der Waals surface area contributed by atoms with Gasteiger partial charge in [-0.1, -0.05) is 43.3 Å². The Kier molecular flexibility index (Phi) is 5.71. The topological polar surface area (TPSA) is 54.4 Å². The number of rotatable bonds is 5. The molecule has 1 N–H and O–H groups in total. The third-order valence-electron chi connectivity index (χ3n) is 4.61. The quantitative estimate of drug-likeness (QED) is 0.453. The first kappa shape index (κ1) is 19.3. The van der Waals surface area contributed by atoms with Crippen molar-refractivity contribution in [1.82, 2.24) is 10.3 Å². The van der Waals surface area contributed by atoms with Crippen LogP contribution in [0.5, 0.6) is 0 Å². The van der Waals surface area contributed by atoms with E-state index in [2.05, 4.69) is 17.2 Å². The number of amides is 1. The summed E-state index contributed by atoms with van der Waals surface area (Å²) in [5.41, 5.74) is 3.16. The van der Waals surface area contributed by atoms with Crippen molar-refractivity contribution in [3.8, 4) is 0 Å². The van der Waals surface area contributed by atoms with E-state index < -0.39 is 5.82 Å². The molecule has 3 aromatic rings.